The highest BCUT2D eigenvalue weighted by Crippen LogP contribution is 2.29. The van der Waals surface area contributed by atoms with E-state index in [0.717, 1.165) is 12.0 Å². The lowest BCUT2D eigenvalue weighted by Gasteiger charge is -2.31. The maximum Gasteiger partial charge on any atom is 0.291 e. The smallest absolute Gasteiger partial charge is 0.291 e. The van der Waals surface area contributed by atoms with Gasteiger partial charge in [0.25, 0.3) is 11.8 Å². The van der Waals surface area contributed by atoms with Crippen LogP contribution in [0.5, 0.6) is 0 Å². The molecule has 1 aliphatic heterocycles. The molecule has 7 nitrogen and oxygen atoms in total. The van der Waals surface area contributed by atoms with Gasteiger partial charge in [0.2, 0.25) is 5.91 Å². The number of primary amides is 1. The number of carbonyl (C=O) groups excluding carboxylic acids is 3. The standard InChI is InChI=1S/C17H19N3O4S/c1-10-8-13(19-16(22)12-5-3-7-24-12)25-14(10)17(23)20-6-2-4-11(9-20)15(18)21/h3,5,7-8,11H,2,4,6,9H2,1H3,(H2,18,21)(H,19,22). The van der Waals surface area contributed by atoms with Crippen LogP contribution in [0.4, 0.5) is 5.00 Å². The highest BCUT2D eigenvalue weighted by Gasteiger charge is 2.29. The minimum atomic E-state index is -0.369. The second-order valence-corrected chi connectivity index (χ2v) is 7.10. The zero-order valence-electron chi connectivity index (χ0n) is 13.8. The van der Waals surface area contributed by atoms with Gasteiger partial charge in [-0.1, -0.05) is 0 Å². The Hall–Kier alpha value is -2.61. The first-order valence-electron chi connectivity index (χ1n) is 7.99. The number of thiophene rings is 1. The van der Waals surface area contributed by atoms with Crippen LogP contribution in [-0.4, -0.2) is 35.7 Å². The summed E-state index contributed by atoms with van der Waals surface area (Å²) >= 11 is 1.22. The predicted octanol–water partition coefficient (Wildman–Crippen LogP) is 2.24. The number of hydrogen-bond donors (Lipinski definition) is 2. The summed E-state index contributed by atoms with van der Waals surface area (Å²) in [5, 5.41) is 3.31. The third kappa shape index (κ3) is 3.74. The molecule has 1 saturated heterocycles. The van der Waals surface area contributed by atoms with Crippen molar-refractivity contribution in [3.8, 4) is 0 Å². The fourth-order valence-electron chi connectivity index (χ4n) is 2.87. The summed E-state index contributed by atoms with van der Waals surface area (Å²) in [4.78, 5) is 38.4. The zero-order valence-corrected chi connectivity index (χ0v) is 14.6. The van der Waals surface area contributed by atoms with Crippen LogP contribution in [0.2, 0.25) is 0 Å². The molecule has 1 unspecified atom stereocenters. The first-order valence-corrected chi connectivity index (χ1v) is 8.81. The van der Waals surface area contributed by atoms with E-state index >= 15 is 0 Å². The van der Waals surface area contributed by atoms with Crippen LogP contribution in [0.1, 0.15) is 38.6 Å². The summed E-state index contributed by atoms with van der Waals surface area (Å²) < 4.78 is 5.06. The first kappa shape index (κ1) is 17.2. The highest BCUT2D eigenvalue weighted by atomic mass is 32.1. The summed E-state index contributed by atoms with van der Waals surface area (Å²) in [5.41, 5.74) is 6.16. The van der Waals surface area contributed by atoms with Crippen molar-refractivity contribution in [2.24, 2.45) is 11.7 Å². The number of carbonyl (C=O) groups is 3. The molecule has 0 bridgehead atoms. The molecule has 2 aromatic rings. The molecule has 2 aromatic heterocycles. The van der Waals surface area contributed by atoms with Gasteiger partial charge in [-0.15, -0.1) is 11.3 Å². The van der Waals surface area contributed by atoms with Crippen molar-refractivity contribution >= 4 is 34.1 Å². The molecule has 8 heteroatoms. The minimum absolute atomic E-state index is 0.132. The second-order valence-electron chi connectivity index (χ2n) is 6.05. The van der Waals surface area contributed by atoms with Crippen LogP contribution in [0.25, 0.3) is 0 Å². The molecule has 0 spiro atoms. The molecule has 1 atom stereocenters. The molecule has 3 heterocycles. The summed E-state index contributed by atoms with van der Waals surface area (Å²) in [5.74, 6) is -0.953. The molecule has 0 saturated carbocycles. The molecule has 3 amide bonds. The lowest BCUT2D eigenvalue weighted by Crippen LogP contribution is -2.44. The molecular weight excluding hydrogens is 342 g/mol. The topological polar surface area (TPSA) is 106 Å². The molecule has 0 aliphatic carbocycles. The summed E-state index contributed by atoms with van der Waals surface area (Å²) in [6.07, 6.45) is 2.90. The van der Waals surface area contributed by atoms with E-state index in [2.05, 4.69) is 5.32 Å². The predicted molar refractivity (Wildman–Crippen MR) is 93.5 cm³/mol. The van der Waals surface area contributed by atoms with Gasteiger partial charge in [0.1, 0.15) is 0 Å². The number of furan rings is 1. The molecule has 3 rings (SSSR count). The van der Waals surface area contributed by atoms with Gasteiger partial charge in [0, 0.05) is 13.1 Å². The van der Waals surface area contributed by atoms with Crippen LogP contribution in [0.15, 0.2) is 28.9 Å². The van der Waals surface area contributed by atoms with Crippen molar-refractivity contribution in [2.45, 2.75) is 19.8 Å². The number of rotatable bonds is 4. The fraction of sp³-hybridized carbons (Fsp3) is 0.353. The van der Waals surface area contributed by atoms with Crippen LogP contribution in [0.3, 0.4) is 0 Å². The van der Waals surface area contributed by atoms with Gasteiger partial charge < -0.3 is 20.4 Å². The third-order valence-corrected chi connectivity index (χ3v) is 5.35. The summed E-state index contributed by atoms with van der Waals surface area (Å²) in [6.45, 7) is 2.77. The maximum absolute atomic E-state index is 12.8. The van der Waals surface area contributed by atoms with Crippen LogP contribution >= 0.6 is 11.3 Å². The fourth-order valence-corrected chi connectivity index (χ4v) is 3.91. The van der Waals surface area contributed by atoms with E-state index in [1.807, 2.05) is 6.92 Å². The molecule has 0 radical (unpaired) electrons. The number of nitrogens with one attached hydrogen (secondary N) is 1. The van der Waals surface area contributed by atoms with Crippen molar-refractivity contribution in [1.29, 1.82) is 0 Å². The van der Waals surface area contributed by atoms with Gasteiger partial charge >= 0.3 is 0 Å². The molecule has 25 heavy (non-hydrogen) atoms. The van der Waals surface area contributed by atoms with E-state index in [4.69, 9.17) is 10.2 Å². The Morgan fingerprint density at radius 1 is 1.40 bits per heavy atom. The van der Waals surface area contributed by atoms with Gasteiger partial charge in [-0.2, -0.15) is 0 Å². The van der Waals surface area contributed by atoms with Gasteiger partial charge in [0.05, 0.1) is 22.1 Å². The number of hydrogen-bond acceptors (Lipinski definition) is 5. The average Bonchev–Trinajstić information content (AvgIpc) is 3.24. The van der Waals surface area contributed by atoms with Crippen LogP contribution < -0.4 is 11.1 Å². The third-order valence-electron chi connectivity index (χ3n) is 4.20. The quantitative estimate of drug-likeness (QED) is 0.871. The first-order chi connectivity index (χ1) is 12.0. The van der Waals surface area contributed by atoms with E-state index < -0.39 is 0 Å². The normalized spacial score (nSPS) is 17.3. The number of nitrogens with zero attached hydrogens (tertiary/aromatic N) is 1. The Morgan fingerprint density at radius 3 is 2.88 bits per heavy atom. The molecule has 0 aromatic carbocycles. The van der Waals surface area contributed by atoms with E-state index in [1.165, 1.54) is 17.6 Å². The van der Waals surface area contributed by atoms with E-state index in [9.17, 15) is 14.4 Å². The molecule has 3 N–H and O–H groups in total. The van der Waals surface area contributed by atoms with Crippen molar-refractivity contribution in [1.82, 2.24) is 4.90 Å². The lowest BCUT2D eigenvalue weighted by atomic mass is 9.97. The van der Waals surface area contributed by atoms with Gasteiger partial charge in [-0.3, -0.25) is 14.4 Å². The molecule has 1 aliphatic rings. The van der Waals surface area contributed by atoms with Crippen LogP contribution in [0, 0.1) is 12.8 Å². The van der Waals surface area contributed by atoms with Crippen molar-refractivity contribution in [3.05, 3.63) is 40.7 Å². The molecular formula is C17H19N3O4S. The number of aryl methyl sites for hydroxylation is 1. The number of piperidine rings is 1. The van der Waals surface area contributed by atoms with Gasteiger partial charge in [0.15, 0.2) is 5.76 Å². The largest absolute Gasteiger partial charge is 0.459 e. The lowest BCUT2D eigenvalue weighted by molar-refractivity contribution is -0.123. The van der Waals surface area contributed by atoms with E-state index in [0.29, 0.717) is 29.4 Å². The maximum atomic E-state index is 12.8. The Morgan fingerprint density at radius 2 is 2.20 bits per heavy atom. The Labute approximate surface area is 148 Å². The van der Waals surface area contributed by atoms with Gasteiger partial charge in [-0.25, -0.2) is 0 Å². The van der Waals surface area contributed by atoms with Crippen LogP contribution in [-0.2, 0) is 4.79 Å². The molecule has 1 fully saturated rings. The van der Waals surface area contributed by atoms with Crippen molar-refractivity contribution in [2.75, 3.05) is 18.4 Å². The van der Waals surface area contributed by atoms with Gasteiger partial charge in [-0.05, 0) is 43.5 Å². The second kappa shape index (κ2) is 7.10. The van der Waals surface area contributed by atoms with E-state index in [1.54, 1.807) is 23.1 Å². The zero-order chi connectivity index (χ0) is 18.0. The average molecular weight is 361 g/mol. The number of likely N-dealkylation sites (tertiary alicyclic amines) is 1. The number of nitrogens with two attached hydrogens (primary N) is 1. The van der Waals surface area contributed by atoms with E-state index in [-0.39, 0.29) is 29.4 Å². The highest BCUT2D eigenvalue weighted by molar-refractivity contribution is 7.18. The van der Waals surface area contributed by atoms with Crippen molar-refractivity contribution < 1.29 is 18.8 Å². The number of amides is 3. The minimum Gasteiger partial charge on any atom is -0.459 e. The monoisotopic (exact) mass is 361 g/mol. The Kier molecular flexibility index (Phi) is 4.89. The SMILES string of the molecule is Cc1cc(NC(=O)c2ccco2)sc1C(=O)N1CCCC(C(N)=O)C1. The molecule has 132 valence electrons. The Balaban J connectivity index is 1.72. The van der Waals surface area contributed by atoms with Crippen molar-refractivity contribution in [3.63, 3.8) is 0 Å². The Bertz CT molecular complexity index is 797. The summed E-state index contributed by atoms with van der Waals surface area (Å²) in [6, 6.07) is 4.96. The summed E-state index contributed by atoms with van der Waals surface area (Å²) in [7, 11) is 0. The number of anilines is 1.